The number of carbonyl (C=O) groups is 1. The Kier molecular flexibility index (Phi) is 5.44. The molecule has 1 amide bonds. The van der Waals surface area contributed by atoms with Crippen LogP contribution in [0.1, 0.15) is 25.8 Å². The predicted octanol–water partition coefficient (Wildman–Crippen LogP) is 2.23. The van der Waals surface area contributed by atoms with E-state index < -0.39 is 4.92 Å². The van der Waals surface area contributed by atoms with Crippen molar-refractivity contribution in [2.75, 3.05) is 11.9 Å². The minimum Gasteiger partial charge on any atom is -0.319 e. The number of nitro groups is 1. The van der Waals surface area contributed by atoms with Gasteiger partial charge in [-0.2, -0.15) is 0 Å². The Bertz CT molecular complexity index is 474. The molecule has 1 unspecified atom stereocenters. The van der Waals surface area contributed by atoms with Crippen molar-refractivity contribution in [3.63, 3.8) is 0 Å². The van der Waals surface area contributed by atoms with Crippen LogP contribution in [0, 0.1) is 17.0 Å². The largest absolute Gasteiger partial charge is 0.319 e. The molecule has 0 saturated heterocycles. The molecule has 0 heterocycles. The zero-order chi connectivity index (χ0) is 14.4. The maximum atomic E-state index is 11.7. The number of rotatable bonds is 6. The lowest BCUT2D eigenvalue weighted by Gasteiger charge is -2.11. The SMILES string of the molecule is CCC(C)NCC(=O)Nc1cc(C)ccc1[N+](=O)[O-]. The third kappa shape index (κ3) is 4.67. The lowest BCUT2D eigenvalue weighted by molar-refractivity contribution is -0.383. The molecule has 0 fully saturated rings. The number of benzene rings is 1. The van der Waals surface area contributed by atoms with Gasteiger partial charge in [0.1, 0.15) is 5.69 Å². The molecule has 1 atom stereocenters. The molecule has 1 aromatic rings. The van der Waals surface area contributed by atoms with Crippen LogP contribution in [0.3, 0.4) is 0 Å². The van der Waals surface area contributed by atoms with Crippen LogP contribution in [-0.2, 0) is 4.79 Å². The van der Waals surface area contributed by atoms with Gasteiger partial charge in [-0.25, -0.2) is 0 Å². The lowest BCUT2D eigenvalue weighted by atomic mass is 10.2. The molecule has 1 aromatic carbocycles. The molecule has 0 aliphatic carbocycles. The van der Waals surface area contributed by atoms with Crippen molar-refractivity contribution < 1.29 is 9.72 Å². The van der Waals surface area contributed by atoms with E-state index in [0.29, 0.717) is 0 Å². The summed E-state index contributed by atoms with van der Waals surface area (Å²) in [5, 5.41) is 16.5. The lowest BCUT2D eigenvalue weighted by Crippen LogP contribution is -2.34. The first-order valence-corrected chi connectivity index (χ1v) is 6.22. The van der Waals surface area contributed by atoms with Crippen LogP contribution in [0.15, 0.2) is 18.2 Å². The molecule has 0 aromatic heterocycles. The second kappa shape index (κ2) is 6.84. The Morgan fingerprint density at radius 2 is 2.16 bits per heavy atom. The smallest absolute Gasteiger partial charge is 0.292 e. The first-order chi connectivity index (χ1) is 8.93. The van der Waals surface area contributed by atoms with E-state index in [-0.39, 0.29) is 29.9 Å². The number of carbonyl (C=O) groups excluding carboxylic acids is 1. The van der Waals surface area contributed by atoms with Gasteiger partial charge in [-0.1, -0.05) is 13.0 Å². The molecule has 1 rings (SSSR count). The quantitative estimate of drug-likeness (QED) is 0.610. The zero-order valence-electron chi connectivity index (χ0n) is 11.4. The standard InChI is InChI=1S/C13H19N3O3/c1-4-10(3)14-8-13(17)15-11-7-9(2)5-6-12(11)16(18)19/h5-7,10,14H,4,8H2,1-3H3,(H,15,17). The topological polar surface area (TPSA) is 84.3 Å². The number of anilines is 1. The molecule has 104 valence electrons. The molecule has 0 saturated carbocycles. The average molecular weight is 265 g/mol. The molecule has 0 spiro atoms. The average Bonchev–Trinajstić information content (AvgIpc) is 2.35. The highest BCUT2D eigenvalue weighted by Crippen LogP contribution is 2.24. The Morgan fingerprint density at radius 3 is 2.74 bits per heavy atom. The van der Waals surface area contributed by atoms with Crippen LogP contribution in [0.25, 0.3) is 0 Å². The minimum absolute atomic E-state index is 0.0949. The Morgan fingerprint density at radius 1 is 1.47 bits per heavy atom. The Labute approximate surface area is 112 Å². The van der Waals surface area contributed by atoms with E-state index in [9.17, 15) is 14.9 Å². The summed E-state index contributed by atoms with van der Waals surface area (Å²) < 4.78 is 0. The summed E-state index contributed by atoms with van der Waals surface area (Å²) in [5.74, 6) is -0.283. The van der Waals surface area contributed by atoms with Crippen molar-refractivity contribution in [1.29, 1.82) is 0 Å². The highest BCUT2D eigenvalue weighted by Gasteiger charge is 2.15. The van der Waals surface area contributed by atoms with Gasteiger partial charge in [0.2, 0.25) is 5.91 Å². The van der Waals surface area contributed by atoms with E-state index >= 15 is 0 Å². The van der Waals surface area contributed by atoms with Crippen LogP contribution in [-0.4, -0.2) is 23.4 Å². The summed E-state index contributed by atoms with van der Waals surface area (Å²) in [6.45, 7) is 5.94. The van der Waals surface area contributed by atoms with Gasteiger partial charge in [-0.05, 0) is 31.9 Å². The number of hydrogen-bond acceptors (Lipinski definition) is 4. The van der Waals surface area contributed by atoms with Gasteiger partial charge in [0, 0.05) is 12.1 Å². The monoisotopic (exact) mass is 265 g/mol. The normalized spacial score (nSPS) is 11.9. The number of aryl methyl sites for hydroxylation is 1. The van der Waals surface area contributed by atoms with Crippen LogP contribution in [0.5, 0.6) is 0 Å². The molecule has 6 heteroatoms. The summed E-state index contributed by atoms with van der Waals surface area (Å²) >= 11 is 0. The van der Waals surface area contributed by atoms with Crippen molar-refractivity contribution in [3.8, 4) is 0 Å². The maximum absolute atomic E-state index is 11.7. The summed E-state index contributed by atoms with van der Waals surface area (Å²) in [6, 6.07) is 4.87. The van der Waals surface area contributed by atoms with Gasteiger partial charge < -0.3 is 10.6 Å². The third-order valence-corrected chi connectivity index (χ3v) is 2.85. The second-order valence-electron chi connectivity index (χ2n) is 4.52. The summed E-state index contributed by atoms with van der Waals surface area (Å²) in [6.07, 6.45) is 0.915. The molecule has 6 nitrogen and oxygen atoms in total. The minimum atomic E-state index is -0.503. The highest BCUT2D eigenvalue weighted by molar-refractivity contribution is 5.94. The first kappa shape index (κ1) is 15.1. The number of nitro benzene ring substituents is 1. The van der Waals surface area contributed by atoms with E-state index in [2.05, 4.69) is 10.6 Å². The summed E-state index contributed by atoms with van der Waals surface area (Å²) in [7, 11) is 0. The molecule has 0 aliphatic heterocycles. The molecular formula is C13H19N3O3. The number of amides is 1. The molecule has 0 aliphatic rings. The van der Waals surface area contributed by atoms with Crippen molar-refractivity contribution >= 4 is 17.3 Å². The van der Waals surface area contributed by atoms with Gasteiger partial charge in [-0.15, -0.1) is 0 Å². The van der Waals surface area contributed by atoms with E-state index in [0.717, 1.165) is 12.0 Å². The molecule has 0 radical (unpaired) electrons. The van der Waals surface area contributed by atoms with Crippen molar-refractivity contribution in [3.05, 3.63) is 33.9 Å². The number of nitrogens with zero attached hydrogens (tertiary/aromatic N) is 1. The Balaban J connectivity index is 2.73. The fraction of sp³-hybridized carbons (Fsp3) is 0.462. The van der Waals surface area contributed by atoms with E-state index in [4.69, 9.17) is 0 Å². The van der Waals surface area contributed by atoms with Gasteiger partial charge in [-0.3, -0.25) is 14.9 Å². The van der Waals surface area contributed by atoms with Crippen molar-refractivity contribution in [2.24, 2.45) is 0 Å². The van der Waals surface area contributed by atoms with E-state index in [1.807, 2.05) is 20.8 Å². The van der Waals surface area contributed by atoms with Crippen LogP contribution in [0.4, 0.5) is 11.4 Å². The zero-order valence-corrected chi connectivity index (χ0v) is 11.4. The highest BCUT2D eigenvalue weighted by atomic mass is 16.6. The van der Waals surface area contributed by atoms with E-state index in [1.54, 1.807) is 12.1 Å². The van der Waals surface area contributed by atoms with Crippen LogP contribution >= 0.6 is 0 Å². The maximum Gasteiger partial charge on any atom is 0.292 e. The molecule has 2 N–H and O–H groups in total. The fourth-order valence-electron chi connectivity index (χ4n) is 1.51. The number of hydrogen-bond donors (Lipinski definition) is 2. The third-order valence-electron chi connectivity index (χ3n) is 2.85. The molecular weight excluding hydrogens is 246 g/mol. The van der Waals surface area contributed by atoms with Crippen LogP contribution in [0.2, 0.25) is 0 Å². The fourth-order valence-corrected chi connectivity index (χ4v) is 1.51. The van der Waals surface area contributed by atoms with Crippen molar-refractivity contribution in [2.45, 2.75) is 33.2 Å². The Hall–Kier alpha value is -1.95. The number of nitrogens with one attached hydrogen (secondary N) is 2. The van der Waals surface area contributed by atoms with Crippen LogP contribution < -0.4 is 10.6 Å². The first-order valence-electron chi connectivity index (χ1n) is 6.22. The summed E-state index contributed by atoms with van der Waals surface area (Å²) in [5.41, 5.74) is 0.999. The summed E-state index contributed by atoms with van der Waals surface area (Å²) in [4.78, 5) is 22.1. The van der Waals surface area contributed by atoms with Gasteiger partial charge in [0.05, 0.1) is 11.5 Å². The second-order valence-corrected chi connectivity index (χ2v) is 4.52. The van der Waals surface area contributed by atoms with Crippen molar-refractivity contribution in [1.82, 2.24) is 5.32 Å². The molecule has 0 bridgehead atoms. The van der Waals surface area contributed by atoms with Gasteiger partial charge in [0.25, 0.3) is 5.69 Å². The predicted molar refractivity (Wildman–Crippen MR) is 74.2 cm³/mol. The van der Waals surface area contributed by atoms with Gasteiger partial charge in [0.15, 0.2) is 0 Å². The molecule has 19 heavy (non-hydrogen) atoms. The van der Waals surface area contributed by atoms with E-state index in [1.165, 1.54) is 6.07 Å². The van der Waals surface area contributed by atoms with Gasteiger partial charge >= 0.3 is 0 Å².